The van der Waals surface area contributed by atoms with Crippen LogP contribution in [0, 0.1) is 6.92 Å². The quantitative estimate of drug-likeness (QED) is 0.526. The van der Waals surface area contributed by atoms with Crippen LogP contribution in [0.4, 0.5) is 5.69 Å². The minimum Gasteiger partial charge on any atom is -0.497 e. The van der Waals surface area contributed by atoms with Crippen molar-refractivity contribution in [2.45, 2.75) is 44.2 Å². The van der Waals surface area contributed by atoms with Gasteiger partial charge in [-0.1, -0.05) is 37.3 Å². The van der Waals surface area contributed by atoms with Crippen LogP contribution in [0.2, 0.25) is 0 Å². The van der Waals surface area contributed by atoms with Crippen molar-refractivity contribution in [3.05, 3.63) is 83.4 Å². The van der Waals surface area contributed by atoms with Gasteiger partial charge in [-0.05, 0) is 73.4 Å². The van der Waals surface area contributed by atoms with Gasteiger partial charge in [-0.25, -0.2) is 8.42 Å². The number of hydrogen-bond acceptors (Lipinski definition) is 5. The number of fused-ring (bicyclic) bond motifs is 1. The van der Waals surface area contributed by atoms with E-state index in [-0.39, 0.29) is 23.4 Å². The van der Waals surface area contributed by atoms with E-state index < -0.39 is 16.1 Å². The first-order valence-corrected chi connectivity index (χ1v) is 13.0. The van der Waals surface area contributed by atoms with E-state index in [0.717, 1.165) is 17.5 Å². The Balaban J connectivity index is 1.61. The normalized spacial score (nSPS) is 16.1. The fourth-order valence-electron chi connectivity index (χ4n) is 4.03. The number of sulfonamides is 1. The smallest absolute Gasteiger partial charge is 0.264 e. The average Bonchev–Trinajstić information content (AvgIpc) is 2.87. The van der Waals surface area contributed by atoms with E-state index in [9.17, 15) is 13.2 Å². The van der Waals surface area contributed by atoms with Crippen molar-refractivity contribution in [1.82, 2.24) is 5.32 Å². The number of benzene rings is 3. The van der Waals surface area contributed by atoms with Gasteiger partial charge in [0.15, 0.2) is 6.10 Å². The van der Waals surface area contributed by atoms with Gasteiger partial charge in [-0.3, -0.25) is 9.10 Å². The number of carbonyl (C=O) groups excluding carboxylic acids is 1. The molecule has 1 N–H and O–H groups in total. The van der Waals surface area contributed by atoms with E-state index >= 15 is 0 Å². The molecular formula is C27H30N2O5S. The van der Waals surface area contributed by atoms with Crippen LogP contribution in [-0.2, 0) is 21.2 Å². The molecule has 2 atom stereocenters. The number of aryl methyl sites for hydroxylation is 2. The SMILES string of the molecule is CCc1ccc([C@@H](C)NC(=O)[C@@H]2CN(S(=O)(=O)c3ccc(OC)cc3)c3ccc(C)cc3O2)cc1. The van der Waals surface area contributed by atoms with Crippen LogP contribution in [0.1, 0.15) is 36.6 Å². The molecule has 0 saturated heterocycles. The number of ether oxygens (including phenoxy) is 2. The third kappa shape index (κ3) is 5.12. The Morgan fingerprint density at radius 2 is 1.80 bits per heavy atom. The third-order valence-electron chi connectivity index (χ3n) is 6.17. The highest BCUT2D eigenvalue weighted by Gasteiger charge is 2.38. The first-order valence-electron chi connectivity index (χ1n) is 11.6. The molecule has 35 heavy (non-hydrogen) atoms. The second kappa shape index (κ2) is 10.00. The molecule has 1 amide bonds. The predicted molar refractivity (Wildman–Crippen MR) is 135 cm³/mol. The Bertz CT molecular complexity index is 1300. The molecule has 3 aromatic rings. The second-order valence-corrected chi connectivity index (χ2v) is 10.5. The number of hydrogen-bond donors (Lipinski definition) is 1. The van der Waals surface area contributed by atoms with Gasteiger partial charge in [0.1, 0.15) is 11.5 Å². The summed E-state index contributed by atoms with van der Waals surface area (Å²) in [5, 5.41) is 2.97. The Hall–Kier alpha value is -3.52. The summed E-state index contributed by atoms with van der Waals surface area (Å²) in [5.41, 5.74) is 3.48. The molecule has 0 radical (unpaired) electrons. The maximum absolute atomic E-state index is 13.6. The molecule has 0 saturated carbocycles. The Morgan fingerprint density at radius 1 is 1.11 bits per heavy atom. The van der Waals surface area contributed by atoms with Gasteiger partial charge < -0.3 is 14.8 Å². The molecule has 8 heteroatoms. The molecule has 1 heterocycles. The second-order valence-electron chi connectivity index (χ2n) is 8.61. The molecule has 7 nitrogen and oxygen atoms in total. The first kappa shape index (κ1) is 24.6. The molecule has 4 rings (SSSR count). The Morgan fingerprint density at radius 3 is 2.43 bits per heavy atom. The maximum atomic E-state index is 13.6. The number of rotatable bonds is 7. The summed E-state index contributed by atoms with van der Waals surface area (Å²) in [6.07, 6.45) is -0.0662. The van der Waals surface area contributed by atoms with Crippen LogP contribution < -0.4 is 19.1 Å². The van der Waals surface area contributed by atoms with Crippen molar-refractivity contribution in [1.29, 1.82) is 0 Å². The summed E-state index contributed by atoms with van der Waals surface area (Å²) in [5.74, 6) is 0.535. The lowest BCUT2D eigenvalue weighted by molar-refractivity contribution is -0.128. The van der Waals surface area contributed by atoms with Gasteiger partial charge in [0.05, 0.1) is 30.3 Å². The Labute approximate surface area is 206 Å². The molecular weight excluding hydrogens is 464 g/mol. The van der Waals surface area contributed by atoms with Gasteiger partial charge in [0, 0.05) is 0 Å². The lowest BCUT2D eigenvalue weighted by Crippen LogP contribution is -2.51. The molecule has 1 aliphatic heterocycles. The van der Waals surface area contributed by atoms with Crippen LogP contribution in [-0.4, -0.2) is 34.1 Å². The van der Waals surface area contributed by atoms with E-state index in [1.165, 1.54) is 29.1 Å². The highest BCUT2D eigenvalue weighted by atomic mass is 32.2. The van der Waals surface area contributed by atoms with Crippen molar-refractivity contribution in [2.75, 3.05) is 18.0 Å². The molecule has 0 bridgehead atoms. The van der Waals surface area contributed by atoms with Crippen molar-refractivity contribution in [3.63, 3.8) is 0 Å². The van der Waals surface area contributed by atoms with Crippen molar-refractivity contribution >= 4 is 21.6 Å². The summed E-state index contributed by atoms with van der Waals surface area (Å²) in [7, 11) is -2.43. The standard InChI is InChI=1S/C27H30N2O5S/c1-5-20-7-9-21(10-8-20)19(3)28-27(30)26-17-29(24-15-6-18(2)16-25(24)34-26)35(31,32)23-13-11-22(33-4)12-14-23/h6-16,19,26H,5,17H2,1-4H3,(H,28,30)/t19-,26+/m1/s1. The summed E-state index contributed by atoms with van der Waals surface area (Å²) in [6.45, 7) is 5.73. The molecule has 3 aromatic carbocycles. The van der Waals surface area contributed by atoms with Gasteiger partial charge in [0.2, 0.25) is 0 Å². The maximum Gasteiger partial charge on any atom is 0.264 e. The third-order valence-corrected chi connectivity index (χ3v) is 7.97. The van der Waals surface area contributed by atoms with E-state index in [1.807, 2.05) is 44.2 Å². The summed E-state index contributed by atoms with van der Waals surface area (Å²) < 4.78 is 39.6. The van der Waals surface area contributed by atoms with Crippen LogP contribution in [0.25, 0.3) is 0 Å². The Kier molecular flexibility index (Phi) is 7.03. The minimum absolute atomic E-state index is 0.107. The molecule has 0 spiro atoms. The highest BCUT2D eigenvalue weighted by molar-refractivity contribution is 7.92. The van der Waals surface area contributed by atoms with Gasteiger partial charge >= 0.3 is 0 Å². The van der Waals surface area contributed by atoms with E-state index in [1.54, 1.807) is 24.3 Å². The molecule has 0 unspecified atom stereocenters. The highest BCUT2D eigenvalue weighted by Crippen LogP contribution is 2.38. The molecule has 1 aliphatic rings. The largest absolute Gasteiger partial charge is 0.497 e. The number of methoxy groups -OCH3 is 1. The summed E-state index contributed by atoms with van der Waals surface area (Å²) in [6, 6.07) is 19.3. The van der Waals surface area contributed by atoms with Crippen molar-refractivity contribution in [3.8, 4) is 11.5 Å². The van der Waals surface area contributed by atoms with Gasteiger partial charge in [0.25, 0.3) is 15.9 Å². The number of anilines is 1. The van der Waals surface area contributed by atoms with E-state index in [0.29, 0.717) is 17.2 Å². The minimum atomic E-state index is -3.95. The van der Waals surface area contributed by atoms with Crippen molar-refractivity contribution < 1.29 is 22.7 Å². The fourth-order valence-corrected chi connectivity index (χ4v) is 5.51. The van der Waals surface area contributed by atoms with E-state index in [2.05, 4.69) is 12.2 Å². The monoisotopic (exact) mass is 494 g/mol. The predicted octanol–water partition coefficient (Wildman–Crippen LogP) is 4.40. The van der Waals surface area contributed by atoms with Crippen LogP contribution in [0.15, 0.2) is 71.6 Å². The lowest BCUT2D eigenvalue weighted by Gasteiger charge is -2.35. The van der Waals surface area contributed by atoms with E-state index in [4.69, 9.17) is 9.47 Å². The molecule has 0 fully saturated rings. The zero-order valence-corrected chi connectivity index (χ0v) is 21.1. The van der Waals surface area contributed by atoms with Crippen LogP contribution in [0.3, 0.4) is 0 Å². The fraction of sp³-hybridized carbons (Fsp3) is 0.296. The van der Waals surface area contributed by atoms with Crippen LogP contribution in [0.5, 0.6) is 11.5 Å². The number of carbonyl (C=O) groups is 1. The molecule has 184 valence electrons. The number of nitrogens with one attached hydrogen (secondary N) is 1. The zero-order valence-electron chi connectivity index (χ0n) is 20.3. The van der Waals surface area contributed by atoms with Gasteiger partial charge in [-0.2, -0.15) is 0 Å². The molecule has 0 aliphatic carbocycles. The zero-order chi connectivity index (χ0) is 25.2. The topological polar surface area (TPSA) is 84.9 Å². The first-order chi connectivity index (χ1) is 16.7. The lowest BCUT2D eigenvalue weighted by atomic mass is 10.0. The van der Waals surface area contributed by atoms with Crippen molar-refractivity contribution in [2.24, 2.45) is 0 Å². The number of nitrogens with zero attached hydrogens (tertiary/aromatic N) is 1. The summed E-state index contributed by atoms with van der Waals surface area (Å²) >= 11 is 0. The summed E-state index contributed by atoms with van der Waals surface area (Å²) in [4.78, 5) is 13.3. The molecule has 0 aromatic heterocycles. The van der Waals surface area contributed by atoms with Gasteiger partial charge in [-0.15, -0.1) is 0 Å². The van der Waals surface area contributed by atoms with Crippen LogP contribution >= 0.6 is 0 Å². The number of amides is 1. The average molecular weight is 495 g/mol.